The van der Waals surface area contributed by atoms with Gasteiger partial charge in [-0.3, -0.25) is 4.98 Å². The molecule has 20 heavy (non-hydrogen) atoms. The monoisotopic (exact) mass is 278 g/mol. The van der Waals surface area contributed by atoms with Crippen LogP contribution in [0.25, 0.3) is 11.1 Å². The van der Waals surface area contributed by atoms with E-state index in [1.807, 2.05) is 6.07 Å². The van der Waals surface area contributed by atoms with Crippen molar-refractivity contribution in [2.75, 3.05) is 0 Å². The molecule has 1 N–H and O–H groups in total. The van der Waals surface area contributed by atoms with E-state index >= 15 is 0 Å². The maximum absolute atomic E-state index is 12.6. The molecule has 0 aliphatic heterocycles. The van der Waals surface area contributed by atoms with E-state index in [0.717, 1.165) is 6.20 Å². The van der Waals surface area contributed by atoms with Crippen LogP contribution in [0.4, 0.5) is 13.2 Å². The molecule has 102 valence electrons. The molecule has 0 spiro atoms. The average molecular weight is 278 g/mol. The quantitative estimate of drug-likeness (QED) is 0.917. The van der Waals surface area contributed by atoms with Crippen molar-refractivity contribution in [1.82, 2.24) is 4.98 Å². The van der Waals surface area contributed by atoms with Crippen LogP contribution in [-0.4, -0.2) is 16.3 Å². The van der Waals surface area contributed by atoms with E-state index in [1.54, 1.807) is 18.2 Å². The molecule has 0 amide bonds. The smallest absolute Gasteiger partial charge is 0.379 e. The molecule has 1 heterocycles. The molecule has 1 aromatic heterocycles. The fourth-order valence-corrected chi connectivity index (χ4v) is 1.82. The molecular weight excluding hydrogens is 269 g/mol. The van der Waals surface area contributed by atoms with Crippen molar-refractivity contribution in [3.8, 4) is 17.2 Å². The third-order valence-corrected chi connectivity index (χ3v) is 2.76. The highest BCUT2D eigenvalue weighted by molar-refractivity contribution is 5.68. The van der Waals surface area contributed by atoms with E-state index in [4.69, 9.17) is 5.26 Å². The highest BCUT2D eigenvalue weighted by Crippen LogP contribution is 2.37. The number of pyridine rings is 1. The lowest BCUT2D eigenvalue weighted by Gasteiger charge is -2.17. The topological polar surface area (TPSA) is 56.9 Å². The van der Waals surface area contributed by atoms with E-state index in [0.29, 0.717) is 11.1 Å². The summed E-state index contributed by atoms with van der Waals surface area (Å²) in [6.45, 7) is 0. The van der Waals surface area contributed by atoms with Crippen molar-refractivity contribution in [1.29, 1.82) is 5.26 Å². The highest BCUT2D eigenvalue weighted by Gasteiger charge is 2.40. The van der Waals surface area contributed by atoms with Crippen molar-refractivity contribution in [2.24, 2.45) is 0 Å². The molecule has 0 radical (unpaired) electrons. The Bertz CT molecular complexity index is 662. The second kappa shape index (κ2) is 5.31. The molecule has 0 bridgehead atoms. The van der Waals surface area contributed by atoms with Crippen LogP contribution in [0, 0.1) is 11.3 Å². The van der Waals surface area contributed by atoms with Crippen molar-refractivity contribution >= 4 is 0 Å². The fraction of sp³-hybridized carbons (Fsp3) is 0.143. The maximum atomic E-state index is 12.6. The summed E-state index contributed by atoms with van der Waals surface area (Å²) in [5.41, 5.74) is 0.605. The summed E-state index contributed by atoms with van der Waals surface area (Å²) in [5, 5.41) is 18.2. The van der Waals surface area contributed by atoms with Gasteiger partial charge in [0.05, 0.1) is 11.6 Å². The first kappa shape index (κ1) is 14.0. The number of hydrogen-bond acceptors (Lipinski definition) is 3. The van der Waals surface area contributed by atoms with Crippen molar-refractivity contribution < 1.29 is 18.3 Å². The van der Waals surface area contributed by atoms with Crippen molar-refractivity contribution in [2.45, 2.75) is 12.3 Å². The molecule has 0 aliphatic rings. The third-order valence-electron chi connectivity index (χ3n) is 2.76. The van der Waals surface area contributed by atoms with Crippen LogP contribution in [0.15, 0.2) is 42.7 Å². The molecule has 2 rings (SSSR count). The largest absolute Gasteiger partial charge is 0.418 e. The second-order valence-corrected chi connectivity index (χ2v) is 4.10. The standard InChI is InChI=1S/C14H9F3N2O/c15-14(16,17)13(20)12-8-19-5-4-11(12)10-3-1-2-9(6-10)7-18/h1-6,8,13,20H. The van der Waals surface area contributed by atoms with Crippen molar-refractivity contribution in [3.05, 3.63) is 53.9 Å². The number of aliphatic hydroxyl groups excluding tert-OH is 1. The number of aliphatic hydroxyl groups is 1. The Morgan fingerprint density at radius 1 is 1.25 bits per heavy atom. The Kier molecular flexibility index (Phi) is 3.72. The molecule has 1 atom stereocenters. The zero-order valence-electron chi connectivity index (χ0n) is 10.1. The number of aromatic nitrogens is 1. The summed E-state index contributed by atoms with van der Waals surface area (Å²) in [7, 11) is 0. The minimum absolute atomic E-state index is 0.196. The number of rotatable bonds is 2. The first-order valence-corrected chi connectivity index (χ1v) is 5.62. The minimum Gasteiger partial charge on any atom is -0.379 e. The van der Waals surface area contributed by atoms with Crippen molar-refractivity contribution in [3.63, 3.8) is 0 Å². The Hall–Kier alpha value is -2.39. The Labute approximate surface area is 112 Å². The van der Waals surface area contributed by atoms with Crippen LogP contribution >= 0.6 is 0 Å². The number of halogens is 3. The molecule has 2 aromatic rings. The zero-order chi connectivity index (χ0) is 14.8. The van der Waals surface area contributed by atoms with Gasteiger partial charge in [-0.05, 0) is 29.3 Å². The molecule has 1 aromatic carbocycles. The van der Waals surface area contributed by atoms with Gasteiger partial charge in [0, 0.05) is 18.0 Å². The van der Waals surface area contributed by atoms with E-state index in [-0.39, 0.29) is 11.1 Å². The Balaban J connectivity index is 2.55. The molecule has 6 heteroatoms. The van der Waals surface area contributed by atoms with Gasteiger partial charge in [-0.1, -0.05) is 12.1 Å². The summed E-state index contributed by atoms with van der Waals surface area (Å²) in [4.78, 5) is 3.62. The first-order valence-electron chi connectivity index (χ1n) is 5.62. The van der Waals surface area contributed by atoms with Crippen LogP contribution in [0.5, 0.6) is 0 Å². The molecular formula is C14H9F3N2O. The number of benzene rings is 1. The lowest BCUT2D eigenvalue weighted by atomic mass is 9.97. The van der Waals surface area contributed by atoms with E-state index in [9.17, 15) is 18.3 Å². The van der Waals surface area contributed by atoms with Gasteiger partial charge in [0.25, 0.3) is 0 Å². The van der Waals surface area contributed by atoms with Crippen LogP contribution < -0.4 is 0 Å². The van der Waals surface area contributed by atoms with Gasteiger partial charge in [-0.25, -0.2) is 0 Å². The summed E-state index contributed by atoms with van der Waals surface area (Å²) in [6.07, 6.45) is -5.07. The van der Waals surface area contributed by atoms with E-state index in [1.165, 1.54) is 18.3 Å². The SMILES string of the molecule is N#Cc1cccc(-c2ccncc2C(O)C(F)(F)F)c1. The predicted octanol–water partition coefficient (Wildman–Crippen LogP) is 3.22. The summed E-state index contributed by atoms with van der Waals surface area (Å²) in [6, 6.07) is 9.44. The predicted molar refractivity (Wildman–Crippen MR) is 65.4 cm³/mol. The van der Waals surface area contributed by atoms with Crippen LogP contribution in [0.1, 0.15) is 17.2 Å². The van der Waals surface area contributed by atoms with Gasteiger partial charge in [0.1, 0.15) is 0 Å². The average Bonchev–Trinajstić information content (AvgIpc) is 2.45. The molecule has 0 fully saturated rings. The summed E-state index contributed by atoms with van der Waals surface area (Å²) >= 11 is 0. The molecule has 1 unspecified atom stereocenters. The van der Waals surface area contributed by atoms with Gasteiger partial charge < -0.3 is 5.11 Å². The van der Waals surface area contributed by atoms with Crippen LogP contribution in [0.2, 0.25) is 0 Å². The normalized spacial score (nSPS) is 12.8. The number of nitriles is 1. The first-order chi connectivity index (χ1) is 9.43. The lowest BCUT2D eigenvalue weighted by Crippen LogP contribution is -2.21. The lowest BCUT2D eigenvalue weighted by molar-refractivity contribution is -0.206. The fourth-order valence-electron chi connectivity index (χ4n) is 1.82. The van der Waals surface area contributed by atoms with Crippen LogP contribution in [0.3, 0.4) is 0 Å². The number of hydrogen-bond donors (Lipinski definition) is 1. The Morgan fingerprint density at radius 2 is 2.00 bits per heavy atom. The van der Waals surface area contributed by atoms with Gasteiger partial charge in [-0.15, -0.1) is 0 Å². The van der Waals surface area contributed by atoms with Gasteiger partial charge in [0.15, 0.2) is 6.10 Å². The number of alkyl halides is 3. The maximum Gasteiger partial charge on any atom is 0.418 e. The third kappa shape index (κ3) is 2.78. The molecule has 0 saturated heterocycles. The van der Waals surface area contributed by atoms with Gasteiger partial charge in [0.2, 0.25) is 0 Å². The summed E-state index contributed by atoms with van der Waals surface area (Å²) in [5.74, 6) is 0. The molecule has 0 aliphatic carbocycles. The Morgan fingerprint density at radius 3 is 2.65 bits per heavy atom. The molecule has 0 saturated carbocycles. The minimum atomic E-state index is -4.77. The van der Waals surface area contributed by atoms with E-state index < -0.39 is 12.3 Å². The second-order valence-electron chi connectivity index (χ2n) is 4.10. The summed E-state index contributed by atoms with van der Waals surface area (Å²) < 4.78 is 37.9. The molecule has 3 nitrogen and oxygen atoms in total. The van der Waals surface area contributed by atoms with Gasteiger partial charge in [-0.2, -0.15) is 18.4 Å². The highest BCUT2D eigenvalue weighted by atomic mass is 19.4. The van der Waals surface area contributed by atoms with Gasteiger partial charge >= 0.3 is 6.18 Å². The zero-order valence-corrected chi connectivity index (χ0v) is 10.1. The van der Waals surface area contributed by atoms with Crippen LogP contribution in [-0.2, 0) is 0 Å². The van der Waals surface area contributed by atoms with E-state index in [2.05, 4.69) is 4.98 Å². The number of nitrogens with zero attached hydrogens (tertiary/aromatic N) is 2.